The van der Waals surface area contributed by atoms with Crippen LogP contribution in [0.25, 0.3) is 0 Å². The molecule has 0 saturated carbocycles. The zero-order chi connectivity index (χ0) is 30.3. The minimum atomic E-state index is -2.67. The lowest BCUT2D eigenvalue weighted by atomic mass is 9.80. The average molecular weight is 589 g/mol. The van der Waals surface area contributed by atoms with E-state index in [0.29, 0.717) is 19.6 Å². The van der Waals surface area contributed by atoms with Crippen LogP contribution in [0.15, 0.2) is 91.0 Å². The van der Waals surface area contributed by atoms with Gasteiger partial charge in [-0.25, -0.2) is 0 Å². The molecule has 1 heterocycles. The molecule has 0 unspecified atom stereocenters. The highest BCUT2D eigenvalue weighted by atomic mass is 28.4. The summed E-state index contributed by atoms with van der Waals surface area (Å²) >= 11 is 0. The third kappa shape index (κ3) is 7.23. The van der Waals surface area contributed by atoms with Gasteiger partial charge in [0.15, 0.2) is 0 Å². The summed E-state index contributed by atoms with van der Waals surface area (Å²) in [5, 5.41) is 2.41. The van der Waals surface area contributed by atoms with Gasteiger partial charge >= 0.3 is 5.97 Å². The van der Waals surface area contributed by atoms with E-state index >= 15 is 0 Å². The molecule has 6 atom stereocenters. The Kier molecular flexibility index (Phi) is 10.8. The van der Waals surface area contributed by atoms with Crippen LogP contribution in [0.5, 0.6) is 0 Å². The predicted octanol–water partition coefficient (Wildman–Crippen LogP) is 6.53. The van der Waals surface area contributed by atoms with Gasteiger partial charge < -0.3 is 18.6 Å². The van der Waals surface area contributed by atoms with E-state index in [1.165, 1.54) is 17.3 Å². The molecule has 3 aromatic rings. The van der Waals surface area contributed by atoms with Gasteiger partial charge in [-0.15, -0.1) is 0 Å². The Morgan fingerprint density at radius 1 is 0.857 bits per heavy atom. The topological polar surface area (TPSA) is 54.0 Å². The zero-order valence-electron chi connectivity index (χ0n) is 26.3. The van der Waals surface area contributed by atoms with Crippen molar-refractivity contribution in [2.45, 2.75) is 90.9 Å². The van der Waals surface area contributed by atoms with E-state index < -0.39 is 8.32 Å². The Bertz CT molecular complexity index is 1200. The molecule has 1 aliphatic heterocycles. The number of benzene rings is 3. The number of rotatable bonds is 11. The largest absolute Gasteiger partial charge is 0.462 e. The maximum absolute atomic E-state index is 12.2. The molecule has 1 saturated heterocycles. The van der Waals surface area contributed by atoms with E-state index in [2.05, 4.69) is 114 Å². The molecular formula is C36H48O5Si. The Hall–Kier alpha value is -2.77. The number of ether oxygens (including phenoxy) is 3. The highest BCUT2D eigenvalue weighted by Crippen LogP contribution is 2.39. The van der Waals surface area contributed by atoms with Crippen LogP contribution in [0.3, 0.4) is 0 Å². The van der Waals surface area contributed by atoms with Gasteiger partial charge in [0.05, 0.1) is 24.9 Å². The first kappa shape index (κ1) is 32.1. The monoisotopic (exact) mass is 588 g/mol. The molecule has 3 aromatic carbocycles. The van der Waals surface area contributed by atoms with Gasteiger partial charge in [0.1, 0.15) is 6.10 Å². The van der Waals surface area contributed by atoms with Crippen LogP contribution in [0.2, 0.25) is 5.04 Å². The quantitative estimate of drug-likeness (QED) is 0.188. The van der Waals surface area contributed by atoms with E-state index in [9.17, 15) is 4.79 Å². The molecule has 226 valence electrons. The van der Waals surface area contributed by atoms with Crippen LogP contribution in [-0.4, -0.2) is 45.3 Å². The summed E-state index contributed by atoms with van der Waals surface area (Å²) in [5.74, 6) is -0.257. The van der Waals surface area contributed by atoms with Crippen molar-refractivity contribution < 1.29 is 23.4 Å². The molecule has 0 bridgehead atoms. The van der Waals surface area contributed by atoms with Crippen molar-refractivity contribution >= 4 is 24.7 Å². The average Bonchev–Trinajstić information content (AvgIpc) is 2.98. The number of carbonyl (C=O) groups is 1. The van der Waals surface area contributed by atoms with Crippen LogP contribution < -0.4 is 10.4 Å². The lowest BCUT2D eigenvalue weighted by Crippen LogP contribution is -2.66. The standard InChI is InChI=1S/C36H48O5Si/c1-26-33(41-35(27(2)34(26)40-29(4)37)28(3)38-25-30-17-11-8-12-18-30)23-24-39-42(36(5,6)7,31-19-13-9-14-20-31)32-21-15-10-16-22-32/h8-22,26-28,33-35H,23-25H2,1-7H3/t26-,27+,28-,33+,34-,35+/m0/s1. The minimum Gasteiger partial charge on any atom is -0.462 e. The molecule has 0 spiro atoms. The summed E-state index contributed by atoms with van der Waals surface area (Å²) in [7, 11) is -2.67. The summed E-state index contributed by atoms with van der Waals surface area (Å²) in [6.07, 6.45) is -0.102. The van der Waals surface area contributed by atoms with Crippen molar-refractivity contribution in [3.05, 3.63) is 96.6 Å². The molecule has 0 amide bonds. The van der Waals surface area contributed by atoms with Gasteiger partial charge in [0.25, 0.3) is 8.32 Å². The molecule has 4 rings (SSSR count). The number of hydrogen-bond donors (Lipinski definition) is 0. The van der Waals surface area contributed by atoms with Crippen molar-refractivity contribution in [2.24, 2.45) is 11.8 Å². The highest BCUT2D eigenvalue weighted by Gasteiger charge is 2.51. The van der Waals surface area contributed by atoms with Crippen molar-refractivity contribution in [3.8, 4) is 0 Å². The third-order valence-corrected chi connectivity index (χ3v) is 13.8. The van der Waals surface area contributed by atoms with Crippen molar-refractivity contribution in [1.29, 1.82) is 0 Å². The predicted molar refractivity (Wildman–Crippen MR) is 171 cm³/mol. The Morgan fingerprint density at radius 2 is 1.38 bits per heavy atom. The highest BCUT2D eigenvalue weighted by molar-refractivity contribution is 6.99. The second-order valence-electron chi connectivity index (χ2n) is 12.7. The molecule has 5 nitrogen and oxygen atoms in total. The third-order valence-electron chi connectivity index (χ3n) is 8.73. The van der Waals surface area contributed by atoms with E-state index in [-0.39, 0.29) is 47.3 Å². The summed E-state index contributed by atoms with van der Waals surface area (Å²) < 4.78 is 26.2. The first-order chi connectivity index (χ1) is 20.0. The number of hydrogen-bond acceptors (Lipinski definition) is 5. The summed E-state index contributed by atoms with van der Waals surface area (Å²) in [5.41, 5.74) is 1.12. The fourth-order valence-corrected chi connectivity index (χ4v) is 11.2. The van der Waals surface area contributed by atoms with E-state index in [4.69, 9.17) is 18.6 Å². The van der Waals surface area contributed by atoms with Gasteiger partial charge in [-0.1, -0.05) is 126 Å². The maximum atomic E-state index is 12.2. The van der Waals surface area contributed by atoms with Crippen LogP contribution in [0.4, 0.5) is 0 Å². The fraction of sp³-hybridized carbons (Fsp3) is 0.472. The van der Waals surface area contributed by atoms with Gasteiger partial charge in [0, 0.05) is 25.4 Å². The zero-order valence-corrected chi connectivity index (χ0v) is 27.3. The van der Waals surface area contributed by atoms with Crippen LogP contribution in [-0.2, 0) is 30.0 Å². The van der Waals surface area contributed by atoms with Crippen LogP contribution in [0, 0.1) is 11.8 Å². The van der Waals surface area contributed by atoms with E-state index in [1.54, 1.807) is 0 Å². The smallest absolute Gasteiger partial charge is 0.302 e. The SMILES string of the molecule is CC(=O)O[C@@H]1[C@@H](C)[C@H]([C@H](C)OCc2ccccc2)O[C@H](CCO[Si](c2ccccc2)(c2ccccc2)C(C)(C)C)[C@@H]1C. The first-order valence-electron chi connectivity index (χ1n) is 15.3. The van der Waals surface area contributed by atoms with Crippen LogP contribution >= 0.6 is 0 Å². The lowest BCUT2D eigenvalue weighted by molar-refractivity contribution is -0.215. The molecule has 0 radical (unpaired) electrons. The van der Waals surface area contributed by atoms with Crippen molar-refractivity contribution in [1.82, 2.24) is 0 Å². The first-order valence-corrected chi connectivity index (χ1v) is 17.2. The molecule has 0 aliphatic carbocycles. The molecule has 6 heteroatoms. The molecular weight excluding hydrogens is 540 g/mol. The summed E-state index contributed by atoms with van der Waals surface area (Å²) in [6, 6.07) is 31.6. The lowest BCUT2D eigenvalue weighted by Gasteiger charge is -2.47. The second kappa shape index (κ2) is 14.1. The molecule has 42 heavy (non-hydrogen) atoms. The Labute approximate surface area is 253 Å². The number of esters is 1. The minimum absolute atomic E-state index is 0.0106. The summed E-state index contributed by atoms with van der Waals surface area (Å²) in [4.78, 5) is 12.2. The van der Waals surface area contributed by atoms with Crippen molar-refractivity contribution in [2.75, 3.05) is 6.61 Å². The van der Waals surface area contributed by atoms with Gasteiger partial charge in [0.2, 0.25) is 0 Å². The molecule has 1 aliphatic rings. The van der Waals surface area contributed by atoms with Crippen molar-refractivity contribution in [3.63, 3.8) is 0 Å². The fourth-order valence-electron chi connectivity index (χ4n) is 6.59. The summed E-state index contributed by atoms with van der Waals surface area (Å²) in [6.45, 7) is 15.7. The van der Waals surface area contributed by atoms with E-state index in [1.807, 2.05) is 18.2 Å². The molecule has 0 aromatic heterocycles. The normalized spacial score (nSPS) is 23.7. The molecule has 1 fully saturated rings. The van der Waals surface area contributed by atoms with Gasteiger partial charge in [-0.05, 0) is 34.3 Å². The van der Waals surface area contributed by atoms with Gasteiger partial charge in [-0.3, -0.25) is 4.79 Å². The molecule has 0 N–H and O–H groups in total. The van der Waals surface area contributed by atoms with Crippen LogP contribution in [0.1, 0.15) is 60.5 Å². The van der Waals surface area contributed by atoms with E-state index in [0.717, 1.165) is 5.56 Å². The van der Waals surface area contributed by atoms with Gasteiger partial charge in [-0.2, -0.15) is 0 Å². The Balaban J connectivity index is 1.56. The number of carbonyl (C=O) groups excluding carboxylic acids is 1. The maximum Gasteiger partial charge on any atom is 0.302 e. The Morgan fingerprint density at radius 3 is 1.88 bits per heavy atom. The second-order valence-corrected chi connectivity index (χ2v) is 17.0.